The number of pyridine rings is 1. The maximum Gasteiger partial charge on any atom is 0.0695 e. The van der Waals surface area contributed by atoms with Crippen LogP contribution in [0.5, 0.6) is 0 Å². The fourth-order valence-corrected chi connectivity index (χ4v) is 2.70. The van der Waals surface area contributed by atoms with Gasteiger partial charge in [-0.2, -0.15) is 0 Å². The number of aliphatic hydroxyl groups excluding tert-OH is 1. The van der Waals surface area contributed by atoms with E-state index in [0.717, 1.165) is 31.5 Å². The number of hydrogen-bond acceptors (Lipinski definition) is 3. The molecule has 1 fully saturated rings. The SMILES string of the molecule is CN(Cc1cc(Cl)ccn1)C1CCCCC1O. The number of aliphatic hydroxyl groups is 1. The molecule has 17 heavy (non-hydrogen) atoms. The second kappa shape index (κ2) is 5.80. The molecule has 2 rings (SSSR count). The molecule has 1 aliphatic carbocycles. The van der Waals surface area contributed by atoms with Crippen molar-refractivity contribution in [3.63, 3.8) is 0 Å². The number of nitrogens with zero attached hydrogens (tertiary/aromatic N) is 2. The summed E-state index contributed by atoms with van der Waals surface area (Å²) >= 11 is 5.93. The van der Waals surface area contributed by atoms with Crippen molar-refractivity contribution in [2.75, 3.05) is 7.05 Å². The molecule has 3 nitrogen and oxygen atoms in total. The third-order valence-corrected chi connectivity index (χ3v) is 3.69. The van der Waals surface area contributed by atoms with E-state index >= 15 is 0 Å². The molecule has 1 aliphatic rings. The standard InChI is InChI=1S/C13H19ClN2O/c1-16(12-4-2-3-5-13(12)17)9-11-8-10(14)6-7-15-11/h6-8,12-13,17H,2-5,9H2,1H3. The summed E-state index contributed by atoms with van der Waals surface area (Å²) in [6.07, 6.45) is 5.85. The molecule has 0 amide bonds. The van der Waals surface area contributed by atoms with Crippen LogP contribution < -0.4 is 0 Å². The highest BCUT2D eigenvalue weighted by atomic mass is 35.5. The van der Waals surface area contributed by atoms with Gasteiger partial charge in [-0.1, -0.05) is 24.4 Å². The van der Waals surface area contributed by atoms with Crippen LogP contribution in [0.15, 0.2) is 18.3 Å². The average molecular weight is 255 g/mol. The van der Waals surface area contributed by atoms with Crippen LogP contribution in [0.1, 0.15) is 31.4 Å². The number of likely N-dealkylation sites (N-methyl/N-ethyl adjacent to an activating group) is 1. The van der Waals surface area contributed by atoms with Gasteiger partial charge in [0.1, 0.15) is 0 Å². The molecule has 0 radical (unpaired) electrons. The van der Waals surface area contributed by atoms with Crippen LogP contribution in [-0.2, 0) is 6.54 Å². The van der Waals surface area contributed by atoms with E-state index in [2.05, 4.69) is 9.88 Å². The van der Waals surface area contributed by atoms with Gasteiger partial charge in [-0.15, -0.1) is 0 Å². The van der Waals surface area contributed by atoms with Crippen LogP contribution >= 0.6 is 11.6 Å². The Bertz CT molecular complexity index is 372. The lowest BCUT2D eigenvalue weighted by atomic mass is 9.91. The number of hydrogen-bond donors (Lipinski definition) is 1. The zero-order chi connectivity index (χ0) is 12.3. The maximum absolute atomic E-state index is 9.98. The molecule has 0 aliphatic heterocycles. The largest absolute Gasteiger partial charge is 0.391 e. The van der Waals surface area contributed by atoms with E-state index in [9.17, 15) is 5.11 Å². The summed E-state index contributed by atoms with van der Waals surface area (Å²) in [5, 5.41) is 10.7. The van der Waals surface area contributed by atoms with Gasteiger partial charge >= 0.3 is 0 Å². The third kappa shape index (κ3) is 3.41. The molecule has 1 aromatic rings. The van der Waals surface area contributed by atoms with Crippen LogP contribution in [0.25, 0.3) is 0 Å². The molecule has 94 valence electrons. The van der Waals surface area contributed by atoms with Crippen molar-refractivity contribution >= 4 is 11.6 Å². The van der Waals surface area contributed by atoms with Gasteiger partial charge in [-0.25, -0.2) is 0 Å². The first-order chi connectivity index (χ1) is 8.16. The first-order valence-corrected chi connectivity index (χ1v) is 6.53. The van der Waals surface area contributed by atoms with E-state index in [4.69, 9.17) is 11.6 Å². The molecular weight excluding hydrogens is 236 g/mol. The Kier molecular flexibility index (Phi) is 4.37. The Morgan fingerprint density at radius 2 is 2.24 bits per heavy atom. The Hall–Kier alpha value is -0.640. The van der Waals surface area contributed by atoms with Crippen molar-refractivity contribution in [2.24, 2.45) is 0 Å². The minimum Gasteiger partial charge on any atom is -0.391 e. The molecule has 4 heteroatoms. The topological polar surface area (TPSA) is 36.4 Å². The summed E-state index contributed by atoms with van der Waals surface area (Å²) in [7, 11) is 2.04. The molecule has 0 aromatic carbocycles. The van der Waals surface area contributed by atoms with Crippen LogP contribution in [0.4, 0.5) is 0 Å². The van der Waals surface area contributed by atoms with Gasteiger partial charge in [-0.05, 0) is 32.0 Å². The minimum absolute atomic E-state index is 0.201. The molecule has 1 N–H and O–H groups in total. The zero-order valence-electron chi connectivity index (χ0n) is 10.1. The molecule has 1 aromatic heterocycles. The highest BCUT2D eigenvalue weighted by molar-refractivity contribution is 6.30. The smallest absolute Gasteiger partial charge is 0.0695 e. The van der Waals surface area contributed by atoms with Crippen molar-refractivity contribution in [1.82, 2.24) is 9.88 Å². The Balaban J connectivity index is 1.98. The molecule has 1 saturated carbocycles. The molecule has 2 atom stereocenters. The van der Waals surface area contributed by atoms with E-state index in [0.29, 0.717) is 5.02 Å². The first kappa shape index (κ1) is 12.8. The first-order valence-electron chi connectivity index (χ1n) is 6.15. The lowest BCUT2D eigenvalue weighted by Crippen LogP contribution is -2.42. The normalized spacial score (nSPS) is 25.2. The lowest BCUT2D eigenvalue weighted by Gasteiger charge is -2.35. The van der Waals surface area contributed by atoms with Crippen molar-refractivity contribution in [3.05, 3.63) is 29.0 Å². The highest BCUT2D eigenvalue weighted by Crippen LogP contribution is 2.23. The van der Waals surface area contributed by atoms with E-state index in [1.807, 2.05) is 13.1 Å². The van der Waals surface area contributed by atoms with Crippen molar-refractivity contribution in [2.45, 2.75) is 44.4 Å². The summed E-state index contributed by atoms with van der Waals surface area (Å²) < 4.78 is 0. The van der Waals surface area contributed by atoms with E-state index < -0.39 is 0 Å². The van der Waals surface area contributed by atoms with Gasteiger partial charge in [0.15, 0.2) is 0 Å². The van der Waals surface area contributed by atoms with Gasteiger partial charge < -0.3 is 5.11 Å². The molecular formula is C13H19ClN2O. The quantitative estimate of drug-likeness (QED) is 0.900. The summed E-state index contributed by atoms with van der Waals surface area (Å²) in [5.41, 5.74) is 0.956. The lowest BCUT2D eigenvalue weighted by molar-refractivity contribution is 0.0283. The average Bonchev–Trinajstić information content (AvgIpc) is 2.29. The Morgan fingerprint density at radius 1 is 1.47 bits per heavy atom. The van der Waals surface area contributed by atoms with Crippen LogP contribution in [0, 0.1) is 0 Å². The summed E-state index contributed by atoms with van der Waals surface area (Å²) in [4.78, 5) is 6.47. The fraction of sp³-hybridized carbons (Fsp3) is 0.615. The fourth-order valence-electron chi connectivity index (χ4n) is 2.51. The molecule has 1 heterocycles. The third-order valence-electron chi connectivity index (χ3n) is 3.45. The molecule has 0 bridgehead atoms. The van der Waals surface area contributed by atoms with E-state index in [-0.39, 0.29) is 12.1 Å². The summed E-state index contributed by atoms with van der Waals surface area (Å²) in [6.45, 7) is 0.738. The van der Waals surface area contributed by atoms with Crippen LogP contribution in [-0.4, -0.2) is 34.2 Å². The van der Waals surface area contributed by atoms with Crippen molar-refractivity contribution < 1.29 is 5.11 Å². The monoisotopic (exact) mass is 254 g/mol. The van der Waals surface area contributed by atoms with Crippen LogP contribution in [0.2, 0.25) is 5.02 Å². The number of rotatable bonds is 3. The van der Waals surface area contributed by atoms with Gasteiger partial charge in [-0.3, -0.25) is 9.88 Å². The zero-order valence-corrected chi connectivity index (χ0v) is 10.9. The predicted octanol–water partition coefficient (Wildman–Crippen LogP) is 2.47. The van der Waals surface area contributed by atoms with E-state index in [1.54, 1.807) is 12.3 Å². The maximum atomic E-state index is 9.98. The second-order valence-electron chi connectivity index (χ2n) is 4.80. The van der Waals surface area contributed by atoms with Gasteiger partial charge in [0, 0.05) is 23.8 Å². The minimum atomic E-state index is -0.201. The summed E-state index contributed by atoms with van der Waals surface area (Å²) in [5.74, 6) is 0. The summed E-state index contributed by atoms with van der Waals surface area (Å²) in [6, 6.07) is 3.91. The van der Waals surface area contributed by atoms with Crippen molar-refractivity contribution in [1.29, 1.82) is 0 Å². The van der Waals surface area contributed by atoms with E-state index in [1.165, 1.54) is 6.42 Å². The Labute approximate surface area is 107 Å². The second-order valence-corrected chi connectivity index (χ2v) is 5.24. The molecule has 0 saturated heterocycles. The highest BCUT2D eigenvalue weighted by Gasteiger charge is 2.26. The molecule has 2 unspecified atom stereocenters. The van der Waals surface area contributed by atoms with Gasteiger partial charge in [0.05, 0.1) is 11.8 Å². The van der Waals surface area contributed by atoms with Crippen LogP contribution in [0.3, 0.4) is 0 Å². The Morgan fingerprint density at radius 3 is 2.94 bits per heavy atom. The number of aromatic nitrogens is 1. The van der Waals surface area contributed by atoms with Crippen molar-refractivity contribution in [3.8, 4) is 0 Å². The predicted molar refractivity (Wildman–Crippen MR) is 69.0 cm³/mol. The van der Waals surface area contributed by atoms with Gasteiger partial charge in [0.25, 0.3) is 0 Å². The van der Waals surface area contributed by atoms with Gasteiger partial charge in [0.2, 0.25) is 0 Å². The molecule has 0 spiro atoms. The number of halogens is 1.